The first-order valence-electron chi connectivity index (χ1n) is 11.0. The predicted molar refractivity (Wildman–Crippen MR) is 116 cm³/mol. The Hall–Kier alpha value is -3.29. The number of amides is 1. The number of aromatic nitrogens is 4. The molecule has 31 heavy (non-hydrogen) atoms. The van der Waals surface area contributed by atoms with Crippen LogP contribution < -0.4 is 10.2 Å². The maximum absolute atomic E-state index is 12.4. The molecule has 1 aliphatic heterocycles. The Kier molecular flexibility index (Phi) is 5.60. The molecule has 1 aliphatic carbocycles. The molecule has 0 bridgehead atoms. The van der Waals surface area contributed by atoms with Crippen molar-refractivity contribution in [3.05, 3.63) is 43.2 Å². The number of nitrogens with zero attached hydrogens (tertiary/aromatic N) is 5. The summed E-state index contributed by atoms with van der Waals surface area (Å²) in [7, 11) is 0. The van der Waals surface area contributed by atoms with Crippen molar-refractivity contribution in [2.45, 2.75) is 44.6 Å². The van der Waals surface area contributed by atoms with E-state index in [0.29, 0.717) is 23.1 Å². The van der Waals surface area contributed by atoms with Crippen molar-refractivity contribution in [3.63, 3.8) is 0 Å². The Morgan fingerprint density at radius 1 is 1.06 bits per heavy atom. The smallest absolute Gasteiger partial charge is 0.226 e. The standard InChI is InChI=1S/C23H26N6O2/c30-22(16-4-1-2-5-16)27-17-7-11-29(12-8-17)23-26-14-18(19-15-24-9-10-25-19)21(28-23)20-6-3-13-31-20/h3,6,9-10,13-17H,1-2,4-5,7-8,11-12H2,(H,27,30). The Morgan fingerprint density at radius 3 is 2.61 bits per heavy atom. The fourth-order valence-corrected chi connectivity index (χ4v) is 4.48. The topological polar surface area (TPSA) is 97.0 Å². The largest absolute Gasteiger partial charge is 0.463 e. The van der Waals surface area contributed by atoms with Gasteiger partial charge in [-0.25, -0.2) is 9.97 Å². The van der Waals surface area contributed by atoms with Crippen LogP contribution in [0, 0.1) is 5.92 Å². The molecule has 0 atom stereocenters. The average molecular weight is 419 g/mol. The summed E-state index contributed by atoms with van der Waals surface area (Å²) >= 11 is 0. The van der Waals surface area contributed by atoms with Gasteiger partial charge in [-0.15, -0.1) is 0 Å². The Bertz CT molecular complexity index is 1010. The van der Waals surface area contributed by atoms with Gasteiger partial charge in [0.05, 0.1) is 18.2 Å². The summed E-state index contributed by atoms with van der Waals surface area (Å²) < 4.78 is 5.63. The lowest BCUT2D eigenvalue weighted by molar-refractivity contribution is -0.125. The van der Waals surface area contributed by atoms with Gasteiger partial charge in [0, 0.05) is 49.2 Å². The quantitative estimate of drug-likeness (QED) is 0.677. The number of anilines is 1. The number of hydrogen-bond acceptors (Lipinski definition) is 7. The van der Waals surface area contributed by atoms with Crippen molar-refractivity contribution in [2.24, 2.45) is 5.92 Å². The minimum Gasteiger partial charge on any atom is -0.463 e. The van der Waals surface area contributed by atoms with Crippen LogP contribution in [0.1, 0.15) is 38.5 Å². The first kappa shape index (κ1) is 19.7. The second-order valence-corrected chi connectivity index (χ2v) is 8.25. The zero-order valence-electron chi connectivity index (χ0n) is 17.4. The molecular formula is C23H26N6O2. The third-order valence-electron chi connectivity index (χ3n) is 6.22. The van der Waals surface area contributed by atoms with Gasteiger partial charge in [-0.05, 0) is 37.8 Å². The highest BCUT2D eigenvalue weighted by Crippen LogP contribution is 2.31. The molecule has 8 heteroatoms. The van der Waals surface area contributed by atoms with Gasteiger partial charge in [-0.2, -0.15) is 0 Å². The minimum atomic E-state index is 0.214. The van der Waals surface area contributed by atoms with Crippen molar-refractivity contribution in [3.8, 4) is 22.7 Å². The maximum Gasteiger partial charge on any atom is 0.226 e. The van der Waals surface area contributed by atoms with Crippen molar-refractivity contribution in [2.75, 3.05) is 18.0 Å². The molecule has 160 valence electrons. The number of hydrogen-bond donors (Lipinski definition) is 1. The number of rotatable bonds is 5. The first-order valence-corrected chi connectivity index (χ1v) is 11.0. The van der Waals surface area contributed by atoms with Crippen LogP contribution in [0.4, 0.5) is 5.95 Å². The van der Waals surface area contributed by atoms with E-state index in [2.05, 4.69) is 25.2 Å². The SMILES string of the molecule is O=C(NC1CCN(c2ncc(-c3cnccn3)c(-c3ccco3)n2)CC1)C1CCCC1. The van der Waals surface area contributed by atoms with Crippen LogP contribution in [-0.2, 0) is 4.79 Å². The van der Waals surface area contributed by atoms with Gasteiger partial charge >= 0.3 is 0 Å². The predicted octanol–water partition coefficient (Wildman–Crippen LogP) is 3.47. The van der Waals surface area contributed by atoms with Crippen molar-refractivity contribution in [1.29, 1.82) is 0 Å². The molecule has 1 amide bonds. The van der Waals surface area contributed by atoms with E-state index in [4.69, 9.17) is 9.40 Å². The van der Waals surface area contributed by atoms with Gasteiger partial charge < -0.3 is 14.6 Å². The molecular weight excluding hydrogens is 392 g/mol. The highest BCUT2D eigenvalue weighted by molar-refractivity contribution is 5.79. The number of piperidine rings is 1. The van der Waals surface area contributed by atoms with Crippen molar-refractivity contribution >= 4 is 11.9 Å². The molecule has 1 saturated heterocycles. The highest BCUT2D eigenvalue weighted by atomic mass is 16.3. The van der Waals surface area contributed by atoms with Crippen molar-refractivity contribution in [1.82, 2.24) is 25.3 Å². The van der Waals surface area contributed by atoms with E-state index in [9.17, 15) is 4.79 Å². The Balaban J connectivity index is 1.31. The van der Waals surface area contributed by atoms with Crippen LogP contribution in [0.5, 0.6) is 0 Å². The van der Waals surface area contributed by atoms with E-state index in [1.807, 2.05) is 12.1 Å². The average Bonchev–Trinajstić information content (AvgIpc) is 3.54. The van der Waals surface area contributed by atoms with Gasteiger partial charge in [-0.1, -0.05) is 12.8 Å². The zero-order chi connectivity index (χ0) is 21.0. The van der Waals surface area contributed by atoms with Crippen LogP contribution in [0.25, 0.3) is 22.7 Å². The van der Waals surface area contributed by atoms with Gasteiger partial charge in [0.25, 0.3) is 0 Å². The van der Waals surface area contributed by atoms with Crippen LogP contribution in [-0.4, -0.2) is 45.0 Å². The lowest BCUT2D eigenvalue weighted by Crippen LogP contribution is -2.46. The fourth-order valence-electron chi connectivity index (χ4n) is 4.48. The second-order valence-electron chi connectivity index (χ2n) is 8.25. The van der Waals surface area contributed by atoms with Gasteiger partial charge in [0.15, 0.2) is 5.76 Å². The minimum absolute atomic E-state index is 0.214. The van der Waals surface area contributed by atoms with E-state index in [1.165, 1.54) is 12.8 Å². The highest BCUT2D eigenvalue weighted by Gasteiger charge is 2.28. The van der Waals surface area contributed by atoms with Gasteiger partial charge in [0.2, 0.25) is 11.9 Å². The van der Waals surface area contributed by atoms with Crippen LogP contribution in [0.2, 0.25) is 0 Å². The number of carbonyl (C=O) groups is 1. The molecule has 0 spiro atoms. The second kappa shape index (κ2) is 8.83. The Labute approximate surface area is 181 Å². The molecule has 2 aliphatic rings. The summed E-state index contributed by atoms with van der Waals surface area (Å²) in [5.74, 6) is 1.79. The Morgan fingerprint density at radius 2 is 1.90 bits per heavy atom. The molecule has 0 aromatic carbocycles. The first-order chi connectivity index (χ1) is 15.3. The van der Waals surface area contributed by atoms with E-state index < -0.39 is 0 Å². The molecule has 4 heterocycles. The van der Waals surface area contributed by atoms with Crippen LogP contribution in [0.15, 0.2) is 47.6 Å². The molecule has 3 aromatic heterocycles. The number of carbonyl (C=O) groups excluding carboxylic acids is 1. The molecule has 0 unspecified atom stereocenters. The molecule has 8 nitrogen and oxygen atoms in total. The lowest BCUT2D eigenvalue weighted by Gasteiger charge is -2.33. The number of nitrogens with one attached hydrogen (secondary N) is 1. The maximum atomic E-state index is 12.4. The van der Waals surface area contributed by atoms with E-state index in [0.717, 1.165) is 44.3 Å². The molecule has 2 fully saturated rings. The van der Waals surface area contributed by atoms with Gasteiger partial charge in [0.1, 0.15) is 5.69 Å². The summed E-state index contributed by atoms with van der Waals surface area (Å²) in [6, 6.07) is 3.96. The summed E-state index contributed by atoms with van der Waals surface area (Å²) in [5, 5.41) is 3.26. The molecule has 0 radical (unpaired) electrons. The van der Waals surface area contributed by atoms with Gasteiger partial charge in [-0.3, -0.25) is 14.8 Å². The third kappa shape index (κ3) is 4.28. The molecule has 5 rings (SSSR count). The molecule has 1 N–H and O–H groups in total. The monoisotopic (exact) mass is 418 g/mol. The van der Waals surface area contributed by atoms with E-state index in [-0.39, 0.29) is 17.9 Å². The number of furan rings is 1. The van der Waals surface area contributed by atoms with Crippen LogP contribution >= 0.6 is 0 Å². The summed E-state index contributed by atoms with van der Waals surface area (Å²) in [6.45, 7) is 1.61. The van der Waals surface area contributed by atoms with Crippen molar-refractivity contribution < 1.29 is 9.21 Å². The summed E-state index contributed by atoms with van der Waals surface area (Å²) in [5.41, 5.74) is 2.19. The lowest BCUT2D eigenvalue weighted by atomic mass is 10.0. The fraction of sp³-hybridized carbons (Fsp3) is 0.435. The van der Waals surface area contributed by atoms with E-state index >= 15 is 0 Å². The third-order valence-corrected chi connectivity index (χ3v) is 6.22. The normalized spacial score (nSPS) is 17.7. The molecule has 3 aromatic rings. The summed E-state index contributed by atoms with van der Waals surface area (Å²) in [4.78, 5) is 32.6. The zero-order valence-corrected chi connectivity index (χ0v) is 17.4. The van der Waals surface area contributed by atoms with Crippen LogP contribution in [0.3, 0.4) is 0 Å². The molecule has 1 saturated carbocycles. The van der Waals surface area contributed by atoms with E-state index in [1.54, 1.807) is 31.1 Å². The summed E-state index contributed by atoms with van der Waals surface area (Å²) in [6.07, 6.45) is 14.6.